The molecule has 3 rings (SSSR count). The summed E-state index contributed by atoms with van der Waals surface area (Å²) in [7, 11) is -2.18. The Morgan fingerprint density at radius 3 is 2.16 bits per heavy atom. The summed E-state index contributed by atoms with van der Waals surface area (Å²) in [5.41, 5.74) is 4.21. The molecule has 162 valence electrons. The van der Waals surface area contributed by atoms with Crippen molar-refractivity contribution in [2.75, 3.05) is 11.8 Å². The van der Waals surface area contributed by atoms with Crippen molar-refractivity contribution >= 4 is 33.2 Å². The van der Waals surface area contributed by atoms with Gasteiger partial charge in [0.1, 0.15) is 0 Å². The van der Waals surface area contributed by atoms with E-state index in [-0.39, 0.29) is 10.8 Å². The summed E-state index contributed by atoms with van der Waals surface area (Å²) in [6.45, 7) is 5.91. The molecular weight excluding hydrogens is 432 g/mol. The zero-order valence-electron chi connectivity index (χ0n) is 17.9. The number of anilines is 1. The molecule has 0 atom stereocenters. The van der Waals surface area contributed by atoms with Crippen LogP contribution in [0.5, 0.6) is 0 Å². The van der Waals surface area contributed by atoms with Gasteiger partial charge in [-0.15, -0.1) is 0 Å². The van der Waals surface area contributed by atoms with Gasteiger partial charge < -0.3 is 4.90 Å². The van der Waals surface area contributed by atoms with Gasteiger partial charge >= 0.3 is 0 Å². The maximum atomic E-state index is 13.1. The molecule has 1 amide bonds. The number of nitrogens with one attached hydrogen (secondary N) is 1. The van der Waals surface area contributed by atoms with Gasteiger partial charge in [0.05, 0.1) is 4.90 Å². The lowest BCUT2D eigenvalue weighted by Crippen LogP contribution is -2.26. The highest BCUT2D eigenvalue weighted by atomic mass is 35.5. The number of halogens is 1. The lowest BCUT2D eigenvalue weighted by molar-refractivity contribution is 0.0785. The van der Waals surface area contributed by atoms with Crippen LogP contribution >= 0.6 is 11.6 Å². The molecule has 0 saturated heterocycles. The average molecular weight is 457 g/mol. The van der Waals surface area contributed by atoms with Crippen LogP contribution in [-0.2, 0) is 16.6 Å². The van der Waals surface area contributed by atoms with E-state index in [0.717, 1.165) is 16.7 Å². The Labute approximate surface area is 188 Å². The van der Waals surface area contributed by atoms with Crippen molar-refractivity contribution in [3.8, 4) is 0 Å². The lowest BCUT2D eigenvalue weighted by Gasteiger charge is -2.19. The number of carbonyl (C=O) groups is 1. The lowest BCUT2D eigenvalue weighted by atomic mass is 10.1. The van der Waals surface area contributed by atoms with Gasteiger partial charge in [0, 0.05) is 29.9 Å². The molecule has 0 aliphatic rings. The number of amides is 1. The molecule has 1 N–H and O–H groups in total. The van der Waals surface area contributed by atoms with Gasteiger partial charge in [0.2, 0.25) is 0 Å². The zero-order valence-corrected chi connectivity index (χ0v) is 19.5. The third-order valence-electron chi connectivity index (χ3n) is 4.88. The molecular formula is C24H25ClN2O3S. The number of carbonyl (C=O) groups excluding carboxylic acids is 1. The first-order chi connectivity index (χ1) is 14.5. The van der Waals surface area contributed by atoms with E-state index in [1.807, 2.05) is 32.0 Å². The van der Waals surface area contributed by atoms with E-state index in [1.54, 1.807) is 55.3 Å². The van der Waals surface area contributed by atoms with E-state index in [1.165, 1.54) is 6.07 Å². The minimum atomic E-state index is -3.86. The number of sulfonamides is 1. The Kier molecular flexibility index (Phi) is 6.72. The number of aryl methyl sites for hydroxylation is 3. The summed E-state index contributed by atoms with van der Waals surface area (Å²) in [5.74, 6) is -0.266. The highest BCUT2D eigenvalue weighted by Crippen LogP contribution is 2.23. The summed E-state index contributed by atoms with van der Waals surface area (Å²) < 4.78 is 28.8. The summed E-state index contributed by atoms with van der Waals surface area (Å²) in [6.07, 6.45) is 0. The van der Waals surface area contributed by atoms with Gasteiger partial charge in [-0.05, 0) is 79.4 Å². The molecule has 0 spiro atoms. The van der Waals surface area contributed by atoms with Crippen LogP contribution in [0.3, 0.4) is 0 Å². The van der Waals surface area contributed by atoms with Crippen molar-refractivity contribution in [1.82, 2.24) is 4.90 Å². The third-order valence-corrected chi connectivity index (χ3v) is 6.65. The largest absolute Gasteiger partial charge is 0.337 e. The minimum absolute atomic E-state index is 0.0809. The Morgan fingerprint density at radius 1 is 0.935 bits per heavy atom. The molecule has 3 aromatic rings. The Balaban J connectivity index is 1.86. The standard InChI is InChI=1S/C24H25ClN2O3S/c1-16-11-17(2)13-22(12-16)26-31(29,30)23-14-20(8-5-18(23)3)24(28)27(4)15-19-6-9-21(25)10-7-19/h5-14,26H,15H2,1-4H3. The molecule has 5 nitrogen and oxygen atoms in total. The Hall–Kier alpha value is -2.83. The first-order valence-corrected chi connectivity index (χ1v) is 11.6. The monoisotopic (exact) mass is 456 g/mol. The predicted molar refractivity (Wildman–Crippen MR) is 125 cm³/mol. The van der Waals surface area contributed by atoms with Crippen LogP contribution in [0.4, 0.5) is 5.69 Å². The molecule has 31 heavy (non-hydrogen) atoms. The van der Waals surface area contributed by atoms with Crippen LogP contribution in [0, 0.1) is 20.8 Å². The van der Waals surface area contributed by atoms with Crippen LogP contribution < -0.4 is 4.72 Å². The van der Waals surface area contributed by atoms with E-state index >= 15 is 0 Å². The molecule has 0 aliphatic carbocycles. The van der Waals surface area contributed by atoms with E-state index in [9.17, 15) is 13.2 Å². The number of nitrogens with zero attached hydrogens (tertiary/aromatic N) is 1. The molecule has 0 saturated carbocycles. The van der Waals surface area contributed by atoms with E-state index in [0.29, 0.717) is 28.4 Å². The highest BCUT2D eigenvalue weighted by Gasteiger charge is 2.21. The van der Waals surface area contributed by atoms with E-state index in [2.05, 4.69) is 4.72 Å². The number of rotatable bonds is 6. The van der Waals surface area contributed by atoms with Crippen LogP contribution in [0.1, 0.15) is 32.6 Å². The zero-order chi connectivity index (χ0) is 22.8. The van der Waals surface area contributed by atoms with Gasteiger partial charge in [0.25, 0.3) is 15.9 Å². The average Bonchev–Trinajstić information content (AvgIpc) is 2.68. The van der Waals surface area contributed by atoms with Crippen LogP contribution in [0.25, 0.3) is 0 Å². The fourth-order valence-corrected chi connectivity index (χ4v) is 4.86. The van der Waals surface area contributed by atoms with Crippen LogP contribution in [0.15, 0.2) is 65.6 Å². The fraction of sp³-hybridized carbons (Fsp3) is 0.208. The highest BCUT2D eigenvalue weighted by molar-refractivity contribution is 7.92. The van der Waals surface area contributed by atoms with Crippen LogP contribution in [0.2, 0.25) is 5.02 Å². The van der Waals surface area contributed by atoms with Gasteiger partial charge in [-0.3, -0.25) is 9.52 Å². The van der Waals surface area contributed by atoms with Crippen molar-refractivity contribution in [3.05, 3.63) is 93.5 Å². The molecule has 0 unspecified atom stereocenters. The van der Waals surface area contributed by atoms with Gasteiger partial charge in [-0.2, -0.15) is 0 Å². The number of benzene rings is 3. The maximum Gasteiger partial charge on any atom is 0.262 e. The van der Waals surface area contributed by atoms with E-state index in [4.69, 9.17) is 11.6 Å². The predicted octanol–water partition coefficient (Wildman–Crippen LogP) is 5.34. The molecule has 0 heterocycles. The number of hydrogen-bond donors (Lipinski definition) is 1. The first-order valence-electron chi connectivity index (χ1n) is 9.77. The summed E-state index contributed by atoms with van der Waals surface area (Å²) in [5, 5.41) is 0.627. The first kappa shape index (κ1) is 22.8. The second-order valence-electron chi connectivity index (χ2n) is 7.75. The Morgan fingerprint density at radius 2 is 1.55 bits per heavy atom. The van der Waals surface area contributed by atoms with Crippen molar-refractivity contribution in [1.29, 1.82) is 0 Å². The van der Waals surface area contributed by atoms with Gasteiger partial charge in [-0.25, -0.2) is 8.42 Å². The number of hydrogen-bond acceptors (Lipinski definition) is 3. The molecule has 0 aliphatic heterocycles. The molecule has 0 aromatic heterocycles. The minimum Gasteiger partial charge on any atom is -0.337 e. The molecule has 0 radical (unpaired) electrons. The second-order valence-corrected chi connectivity index (χ2v) is 9.84. The molecule has 7 heteroatoms. The molecule has 0 bridgehead atoms. The Bertz CT molecular complexity index is 1200. The van der Waals surface area contributed by atoms with Crippen molar-refractivity contribution in [2.24, 2.45) is 0 Å². The van der Waals surface area contributed by atoms with Crippen molar-refractivity contribution in [3.63, 3.8) is 0 Å². The normalized spacial score (nSPS) is 11.3. The summed E-state index contributed by atoms with van der Waals surface area (Å²) in [6, 6.07) is 17.5. The topological polar surface area (TPSA) is 66.5 Å². The van der Waals surface area contributed by atoms with Gasteiger partial charge in [0.15, 0.2) is 0 Å². The van der Waals surface area contributed by atoms with E-state index < -0.39 is 10.0 Å². The molecule has 0 fully saturated rings. The second kappa shape index (κ2) is 9.12. The summed E-state index contributed by atoms with van der Waals surface area (Å²) in [4.78, 5) is 14.6. The SMILES string of the molecule is Cc1cc(C)cc(NS(=O)(=O)c2cc(C(=O)N(C)Cc3ccc(Cl)cc3)ccc2C)c1. The van der Waals surface area contributed by atoms with Crippen LogP contribution in [-0.4, -0.2) is 26.3 Å². The third kappa shape index (κ3) is 5.66. The fourth-order valence-electron chi connectivity index (χ4n) is 3.42. The van der Waals surface area contributed by atoms with Crippen molar-refractivity contribution < 1.29 is 13.2 Å². The summed E-state index contributed by atoms with van der Waals surface area (Å²) >= 11 is 5.91. The quantitative estimate of drug-likeness (QED) is 0.544. The van der Waals surface area contributed by atoms with Gasteiger partial charge in [-0.1, -0.05) is 35.9 Å². The molecule has 3 aromatic carbocycles. The maximum absolute atomic E-state index is 13.1. The smallest absolute Gasteiger partial charge is 0.262 e. The van der Waals surface area contributed by atoms with Crippen molar-refractivity contribution in [2.45, 2.75) is 32.2 Å².